The molecule has 70 heavy (non-hydrogen) atoms. The molecular weight excluding hydrogens is 915 g/mol. The summed E-state index contributed by atoms with van der Waals surface area (Å²) in [6.07, 6.45) is -8.43. The summed E-state index contributed by atoms with van der Waals surface area (Å²) in [7, 11) is 6.43. The Morgan fingerprint density at radius 2 is 1.56 bits per heavy atom. The molecule has 19 nitrogen and oxygen atoms in total. The zero-order valence-electron chi connectivity index (χ0n) is 43.8. The van der Waals surface area contributed by atoms with E-state index in [0.29, 0.717) is 12.0 Å². The maximum atomic E-state index is 13.8. The number of rotatable bonds is 16. The lowest BCUT2D eigenvalue weighted by Crippen LogP contribution is -2.65. The van der Waals surface area contributed by atoms with Crippen molar-refractivity contribution in [3.63, 3.8) is 0 Å². The monoisotopic (exact) mass is 1000 g/mol. The first-order valence-electron chi connectivity index (χ1n) is 25.0. The Morgan fingerprint density at radius 3 is 2.14 bits per heavy atom. The third kappa shape index (κ3) is 15.6. The molecule has 0 saturated carbocycles. The fourth-order valence-corrected chi connectivity index (χ4v) is 10.2. The Balaban J connectivity index is 1.59. The van der Waals surface area contributed by atoms with Crippen molar-refractivity contribution < 1.29 is 87.0 Å². The second-order valence-electron chi connectivity index (χ2n) is 20.8. The highest BCUT2D eigenvalue weighted by Crippen LogP contribution is 2.38. The third-order valence-corrected chi connectivity index (χ3v) is 14.2. The molecule has 0 bridgehead atoms. The van der Waals surface area contributed by atoms with E-state index in [-0.39, 0.29) is 44.0 Å². The largest absolute Gasteiger partial charge is 0.462 e. The van der Waals surface area contributed by atoms with Crippen molar-refractivity contribution in [1.82, 2.24) is 4.90 Å². The second kappa shape index (κ2) is 27.0. The number of aldehydes is 1. The lowest BCUT2D eigenvalue weighted by Gasteiger charge is -2.50. The molecule has 4 aliphatic rings. The third-order valence-electron chi connectivity index (χ3n) is 14.2. The molecule has 0 aliphatic carbocycles. The maximum absolute atomic E-state index is 13.8. The van der Waals surface area contributed by atoms with Crippen molar-refractivity contribution in [2.75, 3.05) is 34.9 Å². The number of ether oxygens (including phenoxy) is 10. The summed E-state index contributed by atoms with van der Waals surface area (Å²) in [6.45, 7) is 17.5. The molecule has 402 valence electrons. The van der Waals surface area contributed by atoms with E-state index >= 15 is 0 Å². The zero-order valence-corrected chi connectivity index (χ0v) is 43.8. The van der Waals surface area contributed by atoms with E-state index in [9.17, 15) is 39.6 Å². The van der Waals surface area contributed by atoms with Gasteiger partial charge in [-0.1, -0.05) is 52.3 Å². The van der Waals surface area contributed by atoms with Gasteiger partial charge in [-0.15, -0.1) is 0 Å². The predicted octanol–water partition coefficient (Wildman–Crippen LogP) is 3.43. The van der Waals surface area contributed by atoms with E-state index < -0.39 is 146 Å². The van der Waals surface area contributed by atoms with Crippen LogP contribution in [0.5, 0.6) is 0 Å². The van der Waals surface area contributed by atoms with Gasteiger partial charge in [-0.2, -0.15) is 0 Å². The summed E-state index contributed by atoms with van der Waals surface area (Å²) in [5, 5.41) is 46.2. The number of aliphatic hydroxyl groups excluding tert-OH is 3. The van der Waals surface area contributed by atoms with Crippen molar-refractivity contribution in [1.29, 1.82) is 0 Å². The quantitative estimate of drug-likeness (QED) is 0.128. The summed E-state index contributed by atoms with van der Waals surface area (Å²) < 4.78 is 61.0. The van der Waals surface area contributed by atoms with E-state index in [1.54, 1.807) is 73.5 Å². The molecule has 0 aromatic heterocycles. The van der Waals surface area contributed by atoms with E-state index in [4.69, 9.17) is 47.4 Å². The molecule has 4 N–H and O–H groups in total. The van der Waals surface area contributed by atoms with Crippen LogP contribution in [0.3, 0.4) is 0 Å². The molecule has 0 spiro atoms. The summed E-state index contributed by atoms with van der Waals surface area (Å²) in [4.78, 5) is 54.4. The summed E-state index contributed by atoms with van der Waals surface area (Å²) in [5.74, 6) is -4.04. The lowest BCUT2D eigenvalue weighted by atomic mass is 9.79. The predicted molar refractivity (Wildman–Crippen MR) is 254 cm³/mol. The highest BCUT2D eigenvalue weighted by atomic mass is 16.7. The fraction of sp³-hybridized carbons (Fsp3) is 0.843. The van der Waals surface area contributed by atoms with Gasteiger partial charge >= 0.3 is 11.9 Å². The van der Waals surface area contributed by atoms with Gasteiger partial charge in [-0.05, 0) is 79.5 Å². The van der Waals surface area contributed by atoms with E-state index in [1.807, 2.05) is 26.8 Å². The molecule has 4 heterocycles. The first kappa shape index (κ1) is 59.8. The van der Waals surface area contributed by atoms with Gasteiger partial charge in [0, 0.05) is 51.2 Å². The van der Waals surface area contributed by atoms with Gasteiger partial charge in [0.15, 0.2) is 30.8 Å². The molecule has 4 rings (SSSR count). The van der Waals surface area contributed by atoms with Crippen LogP contribution in [0.2, 0.25) is 0 Å². The van der Waals surface area contributed by atoms with Crippen molar-refractivity contribution in [3.8, 4) is 0 Å². The SMILES string of the molecule is CC[C@H]1OC(=O)C[C@@H](O)[C@H](C)[C@@H](O[C@@H]2O[C@H](C)[C@@H](O[C@H]3C[C@@](C)(O)[C@@H](OC(=O)CC(C)C)[C@H](C)O3)[C@H](N(C)C)[C@H]2O)[C@@H](CC=O)C[C@@H](C)C(=O)/C=C/C(C)=C/C1CO[C@@H]1O[C@H](C)[C@@H](O)[C@@H](OC)[C@H]1OC. The minimum Gasteiger partial charge on any atom is -0.462 e. The molecule has 21 atom stereocenters. The number of likely N-dealkylation sites (N-methyl/N-ethyl adjacent to an activating group) is 1. The van der Waals surface area contributed by atoms with E-state index in [1.165, 1.54) is 20.3 Å². The molecule has 0 aromatic rings. The minimum atomic E-state index is -1.51. The normalized spacial score (nSPS) is 43.0. The van der Waals surface area contributed by atoms with Gasteiger partial charge in [0.05, 0.1) is 49.6 Å². The number of hydrogen-bond donors (Lipinski definition) is 4. The number of nitrogens with zero attached hydrogens (tertiary/aromatic N) is 1. The number of aliphatic hydroxyl groups is 4. The smallest absolute Gasteiger partial charge is 0.308 e. The Labute approximate surface area is 414 Å². The van der Waals surface area contributed by atoms with Gasteiger partial charge < -0.3 is 77.5 Å². The second-order valence-corrected chi connectivity index (χ2v) is 20.8. The molecule has 19 heteroatoms. The van der Waals surface area contributed by atoms with Crippen molar-refractivity contribution in [3.05, 3.63) is 23.8 Å². The van der Waals surface area contributed by atoms with Crippen LogP contribution < -0.4 is 0 Å². The summed E-state index contributed by atoms with van der Waals surface area (Å²) in [6, 6.07) is -0.781. The number of carbonyl (C=O) groups excluding carboxylic acids is 4. The van der Waals surface area contributed by atoms with Gasteiger partial charge in [0.1, 0.15) is 48.5 Å². The number of esters is 2. The molecule has 1 unspecified atom stereocenters. The minimum absolute atomic E-state index is 0.0148. The number of cyclic esters (lactones) is 1. The van der Waals surface area contributed by atoms with Crippen molar-refractivity contribution in [2.45, 2.75) is 212 Å². The number of allylic oxidation sites excluding steroid dienone is 3. The fourth-order valence-electron chi connectivity index (χ4n) is 10.2. The molecule has 3 saturated heterocycles. The summed E-state index contributed by atoms with van der Waals surface area (Å²) in [5.41, 5.74) is -0.833. The Morgan fingerprint density at radius 1 is 0.900 bits per heavy atom. The Bertz CT molecular complexity index is 1740. The van der Waals surface area contributed by atoms with Crippen LogP contribution in [0.4, 0.5) is 0 Å². The molecule has 0 aromatic carbocycles. The maximum Gasteiger partial charge on any atom is 0.308 e. The Kier molecular flexibility index (Phi) is 23.0. The molecule has 0 radical (unpaired) electrons. The zero-order chi connectivity index (χ0) is 52.4. The van der Waals surface area contributed by atoms with Crippen molar-refractivity contribution >= 4 is 24.0 Å². The van der Waals surface area contributed by atoms with Crippen LogP contribution in [0, 0.1) is 29.6 Å². The standard InChI is InChI=1S/C51H85NO18/c1-15-37-34(25-63-50-47(62-14)46(61-13)42(58)30(7)65-50)21-27(4)16-17-35(54)28(5)22-33(18-19-53)44(29(6)36(55)23-39(57)67-37)70-49-43(59)41(52(11)12)45(31(8)66-49)69-40-24-51(10,60)48(32(9)64-40)68-38(56)20-26(2)3/h16-17,19,21,26,28-34,36-37,40-50,55,58-60H,15,18,20,22-25H2,1-14H3/b17-16+,27-21+/t28-,29+,30-,31-,32+,33+,34?,36-,37-,40+,41-,42-,43-,44-,45-,46-,47-,48+,49+,50-,51-/m1/s1. The first-order chi connectivity index (χ1) is 32.9. The number of hydrogen-bond acceptors (Lipinski definition) is 19. The molecule has 0 amide bonds. The lowest BCUT2D eigenvalue weighted by molar-refractivity contribution is -0.342. The average Bonchev–Trinajstić information content (AvgIpc) is 3.27. The van der Waals surface area contributed by atoms with E-state index in [2.05, 4.69) is 0 Å². The van der Waals surface area contributed by atoms with Gasteiger partial charge in [0.25, 0.3) is 0 Å². The van der Waals surface area contributed by atoms with Crippen LogP contribution in [-0.4, -0.2) is 188 Å². The van der Waals surface area contributed by atoms with E-state index in [0.717, 1.165) is 6.29 Å². The van der Waals surface area contributed by atoms with Crippen molar-refractivity contribution in [2.24, 2.45) is 29.6 Å². The Hall–Kier alpha value is -2.76. The van der Waals surface area contributed by atoms with Gasteiger partial charge in [-0.25, -0.2) is 0 Å². The highest BCUT2D eigenvalue weighted by molar-refractivity contribution is 5.91. The summed E-state index contributed by atoms with van der Waals surface area (Å²) >= 11 is 0. The van der Waals surface area contributed by atoms with Crippen LogP contribution in [0.1, 0.15) is 108 Å². The van der Waals surface area contributed by atoms with Crippen LogP contribution in [0.15, 0.2) is 23.8 Å². The van der Waals surface area contributed by atoms with Gasteiger partial charge in [0.2, 0.25) is 0 Å². The highest BCUT2D eigenvalue weighted by Gasteiger charge is 2.53. The van der Waals surface area contributed by atoms with Crippen LogP contribution in [0.25, 0.3) is 0 Å². The van der Waals surface area contributed by atoms with Gasteiger partial charge in [-0.3, -0.25) is 14.4 Å². The number of ketones is 1. The van der Waals surface area contributed by atoms with Crippen LogP contribution in [-0.2, 0) is 66.5 Å². The number of methoxy groups -OCH3 is 2. The molecule has 3 fully saturated rings. The topological polar surface area (TPSA) is 245 Å². The average molecular weight is 1000 g/mol. The number of carbonyl (C=O) groups is 4. The molecule has 4 aliphatic heterocycles. The first-order valence-corrected chi connectivity index (χ1v) is 25.0. The molecular formula is C51H85NO18. The van der Waals surface area contributed by atoms with Crippen LogP contribution >= 0.6 is 0 Å².